The van der Waals surface area contributed by atoms with E-state index in [0.29, 0.717) is 21.8 Å². The minimum Gasteiger partial charge on any atom is -0.508 e. The number of ether oxygens (including phenoxy) is 2. The first-order valence-electron chi connectivity index (χ1n) is 15.0. The number of phenolic OH excluding ortho intramolecular Hbond substituents is 1. The predicted octanol–water partition coefficient (Wildman–Crippen LogP) is 6.29. The van der Waals surface area contributed by atoms with Gasteiger partial charge < -0.3 is 14.6 Å². The second-order valence-corrected chi connectivity index (χ2v) is 13.4. The van der Waals surface area contributed by atoms with Gasteiger partial charge in [0, 0.05) is 28.6 Å². The first-order chi connectivity index (χ1) is 22.4. The number of amides is 4. The summed E-state index contributed by atoms with van der Waals surface area (Å²) in [6, 6.07) is 12.9. The predicted molar refractivity (Wildman–Crippen MR) is 171 cm³/mol. The van der Waals surface area contributed by atoms with Gasteiger partial charge in [-0.25, -0.2) is 9.29 Å². The van der Waals surface area contributed by atoms with Crippen molar-refractivity contribution in [1.82, 2.24) is 0 Å². The molecule has 242 valence electrons. The standard InChI is InChI=1S/C35H29Cl2FN2O7/c1-35-23(32(43)40(34(35)45)18-8-11-25(38)24(37)12-18)15-22-20(30(35)29-26(46-2)13-19(41)14-27(29)47-3)9-10-21-28(22)33(44)39(31(21)42)17-6-4-16(36)5-7-17/h4-9,11-14,21-23,28,30,41H,10,15H2,1-3H3/t21-,22+,23-,28-,30+,35+/m0/s1. The molecule has 4 amide bonds. The number of anilines is 2. The van der Waals surface area contributed by atoms with Crippen molar-refractivity contribution in [1.29, 1.82) is 0 Å². The van der Waals surface area contributed by atoms with E-state index in [-0.39, 0.29) is 46.7 Å². The number of hydrogen-bond donors (Lipinski definition) is 1. The van der Waals surface area contributed by atoms with Crippen LogP contribution < -0.4 is 19.3 Å². The molecular formula is C35H29Cl2FN2O7. The number of allylic oxidation sites excluding steroid dienone is 2. The van der Waals surface area contributed by atoms with Gasteiger partial charge in [-0.3, -0.25) is 24.1 Å². The minimum absolute atomic E-state index is 0.103. The van der Waals surface area contributed by atoms with Crippen molar-refractivity contribution in [3.05, 3.63) is 87.7 Å². The van der Waals surface area contributed by atoms with Crippen LogP contribution in [-0.4, -0.2) is 43.0 Å². The maximum absolute atomic E-state index is 14.7. The molecule has 2 aliphatic heterocycles. The number of carbonyl (C=O) groups is 4. The van der Waals surface area contributed by atoms with Crippen molar-refractivity contribution < 1.29 is 38.1 Å². The second-order valence-electron chi connectivity index (χ2n) is 12.5. The number of methoxy groups -OCH3 is 2. The second kappa shape index (κ2) is 11.1. The van der Waals surface area contributed by atoms with Crippen LogP contribution >= 0.6 is 23.2 Å². The number of imide groups is 2. The average molecular weight is 680 g/mol. The van der Waals surface area contributed by atoms with Gasteiger partial charge in [0.1, 0.15) is 23.1 Å². The van der Waals surface area contributed by atoms with E-state index in [0.717, 1.165) is 11.0 Å². The molecule has 1 N–H and O–H groups in total. The molecule has 6 atom stereocenters. The van der Waals surface area contributed by atoms with Crippen LogP contribution in [0.15, 0.2) is 66.2 Å². The lowest BCUT2D eigenvalue weighted by atomic mass is 9.51. The Balaban J connectivity index is 1.42. The average Bonchev–Trinajstić information content (AvgIpc) is 3.42. The molecule has 3 fully saturated rings. The van der Waals surface area contributed by atoms with Crippen LogP contribution in [0.5, 0.6) is 17.2 Å². The van der Waals surface area contributed by atoms with Gasteiger partial charge >= 0.3 is 0 Å². The zero-order chi connectivity index (χ0) is 33.5. The van der Waals surface area contributed by atoms with Gasteiger partial charge in [0.05, 0.1) is 53.8 Å². The normalized spacial score (nSPS) is 28.2. The Hall–Kier alpha value is -4.41. The highest BCUT2D eigenvalue weighted by molar-refractivity contribution is 6.32. The van der Waals surface area contributed by atoms with Crippen molar-refractivity contribution in [3.8, 4) is 17.2 Å². The summed E-state index contributed by atoms with van der Waals surface area (Å²) in [5.74, 6) is -6.16. The zero-order valence-corrected chi connectivity index (χ0v) is 27.0. The van der Waals surface area contributed by atoms with Gasteiger partial charge in [0.25, 0.3) is 0 Å². The molecule has 0 bridgehead atoms. The molecule has 12 heteroatoms. The third kappa shape index (κ3) is 4.41. The number of nitrogens with zero attached hydrogens (tertiary/aromatic N) is 2. The molecule has 47 heavy (non-hydrogen) atoms. The maximum atomic E-state index is 14.7. The topological polar surface area (TPSA) is 113 Å². The van der Waals surface area contributed by atoms with Gasteiger partial charge in [-0.1, -0.05) is 34.9 Å². The fourth-order valence-corrected chi connectivity index (χ4v) is 8.55. The number of halogens is 3. The molecule has 3 aromatic rings. The molecule has 0 unspecified atom stereocenters. The summed E-state index contributed by atoms with van der Waals surface area (Å²) in [7, 11) is 2.83. The minimum atomic E-state index is -1.44. The van der Waals surface area contributed by atoms with Gasteiger partial charge in [-0.05, 0) is 68.1 Å². The summed E-state index contributed by atoms with van der Waals surface area (Å²) < 4.78 is 25.6. The number of carbonyl (C=O) groups excluding carboxylic acids is 4. The first kappa shape index (κ1) is 31.2. The molecule has 3 aromatic carbocycles. The highest BCUT2D eigenvalue weighted by Gasteiger charge is 2.68. The lowest BCUT2D eigenvalue weighted by Gasteiger charge is -2.49. The van der Waals surface area contributed by atoms with Crippen molar-refractivity contribution in [3.63, 3.8) is 0 Å². The van der Waals surface area contributed by atoms with E-state index in [4.69, 9.17) is 32.7 Å². The van der Waals surface area contributed by atoms with Crippen LogP contribution in [0.2, 0.25) is 10.0 Å². The maximum Gasteiger partial charge on any atom is 0.241 e. The van der Waals surface area contributed by atoms with Crippen LogP contribution in [0.25, 0.3) is 0 Å². The molecule has 0 radical (unpaired) electrons. The van der Waals surface area contributed by atoms with Crippen molar-refractivity contribution >= 4 is 58.2 Å². The summed E-state index contributed by atoms with van der Waals surface area (Å²) >= 11 is 12.2. The van der Waals surface area contributed by atoms with Gasteiger partial charge in [0.2, 0.25) is 23.6 Å². The van der Waals surface area contributed by atoms with E-state index in [1.165, 1.54) is 43.4 Å². The summed E-state index contributed by atoms with van der Waals surface area (Å²) in [6.45, 7) is 1.70. The van der Waals surface area contributed by atoms with Crippen LogP contribution in [0.1, 0.15) is 31.2 Å². The van der Waals surface area contributed by atoms with Crippen molar-refractivity contribution in [2.24, 2.45) is 29.1 Å². The Morgan fingerprint density at radius 2 is 1.49 bits per heavy atom. The lowest BCUT2D eigenvalue weighted by molar-refractivity contribution is -0.131. The van der Waals surface area contributed by atoms with Crippen LogP contribution in [0.3, 0.4) is 0 Å². The Bertz CT molecular complexity index is 1890. The van der Waals surface area contributed by atoms with Crippen molar-refractivity contribution in [2.45, 2.75) is 25.7 Å². The monoisotopic (exact) mass is 678 g/mol. The van der Waals surface area contributed by atoms with Crippen LogP contribution in [0, 0.1) is 34.9 Å². The number of rotatable bonds is 5. The van der Waals surface area contributed by atoms with E-state index < -0.39 is 58.5 Å². The van der Waals surface area contributed by atoms with Gasteiger partial charge in [0.15, 0.2) is 0 Å². The molecule has 0 spiro atoms. The fourth-order valence-electron chi connectivity index (χ4n) is 8.25. The van der Waals surface area contributed by atoms with E-state index in [9.17, 15) is 28.7 Å². The fraction of sp³-hybridized carbons (Fsp3) is 0.314. The zero-order valence-electron chi connectivity index (χ0n) is 25.5. The lowest BCUT2D eigenvalue weighted by Crippen LogP contribution is -2.49. The van der Waals surface area contributed by atoms with Crippen molar-refractivity contribution in [2.75, 3.05) is 24.0 Å². The molecule has 2 aliphatic carbocycles. The number of fused-ring (bicyclic) bond motifs is 4. The van der Waals surface area contributed by atoms with E-state index in [1.54, 1.807) is 31.2 Å². The Morgan fingerprint density at radius 1 is 0.851 bits per heavy atom. The van der Waals surface area contributed by atoms with Crippen LogP contribution in [-0.2, 0) is 19.2 Å². The summed E-state index contributed by atoms with van der Waals surface area (Å²) in [4.78, 5) is 59.3. The van der Waals surface area contributed by atoms with Gasteiger partial charge in [-0.2, -0.15) is 0 Å². The molecule has 7 rings (SSSR count). The third-order valence-corrected chi connectivity index (χ3v) is 10.9. The Kier molecular flexibility index (Phi) is 7.37. The summed E-state index contributed by atoms with van der Waals surface area (Å²) in [6.07, 6.45) is 2.23. The highest BCUT2D eigenvalue weighted by atomic mass is 35.5. The molecule has 0 aromatic heterocycles. The number of aromatic hydroxyl groups is 1. The number of phenols is 1. The summed E-state index contributed by atoms with van der Waals surface area (Å²) in [5, 5.41) is 10.7. The van der Waals surface area contributed by atoms with Crippen LogP contribution in [0.4, 0.5) is 15.8 Å². The van der Waals surface area contributed by atoms with E-state index in [2.05, 4.69) is 0 Å². The molecule has 1 saturated carbocycles. The Morgan fingerprint density at radius 3 is 2.11 bits per heavy atom. The molecule has 9 nitrogen and oxygen atoms in total. The molecule has 2 heterocycles. The highest BCUT2D eigenvalue weighted by Crippen LogP contribution is 2.65. The molecular weight excluding hydrogens is 650 g/mol. The van der Waals surface area contributed by atoms with Gasteiger partial charge in [-0.15, -0.1) is 0 Å². The molecule has 2 saturated heterocycles. The molecule has 4 aliphatic rings. The SMILES string of the molecule is COc1cc(O)cc(OC)c1[C@H]1C2=CC[C@@H]3C(=O)N(c4ccc(Cl)cc4)C(=O)[C@@H]3[C@@H]2C[C@H]2C(=O)N(c3ccc(F)c(Cl)c3)C(=O)[C@@]12C. The summed E-state index contributed by atoms with van der Waals surface area (Å²) in [5.41, 5.74) is 0.187. The number of hydrogen-bond acceptors (Lipinski definition) is 7. The number of benzene rings is 3. The third-order valence-electron chi connectivity index (χ3n) is 10.3. The quantitative estimate of drug-likeness (QED) is 0.249. The van der Waals surface area contributed by atoms with E-state index in [1.807, 2.05) is 6.08 Å². The first-order valence-corrected chi connectivity index (χ1v) is 15.8. The largest absolute Gasteiger partial charge is 0.508 e. The smallest absolute Gasteiger partial charge is 0.241 e. The Labute approximate surface area is 279 Å². The van der Waals surface area contributed by atoms with E-state index >= 15 is 0 Å².